The molecule has 0 saturated carbocycles. The van der Waals surface area contributed by atoms with E-state index in [2.05, 4.69) is 81.5 Å². The number of rotatable bonds is 53. The molecule has 394 valence electrons. The van der Waals surface area contributed by atoms with E-state index in [1.807, 2.05) is 0 Å². The molecule has 0 aliphatic carbocycles. The van der Waals surface area contributed by atoms with Gasteiger partial charge in [0.15, 0.2) is 6.10 Å². The summed E-state index contributed by atoms with van der Waals surface area (Å²) in [5.74, 6) is -0.893. The van der Waals surface area contributed by atoms with Crippen LogP contribution >= 0.6 is 0 Å². The van der Waals surface area contributed by atoms with Gasteiger partial charge in [0.2, 0.25) is 0 Å². The molecule has 0 rings (SSSR count). The van der Waals surface area contributed by atoms with Crippen molar-refractivity contribution in [2.45, 2.75) is 303 Å². The standard InChI is InChI=1S/C62H110O6/c1-4-7-10-13-16-19-22-25-28-30-31-33-34-37-40-43-46-49-52-55-61(64)67-58-59(57-66-60(63)54-51-48-45-42-39-36-27-24-21-18-15-12-9-6-3)68-62(65)56-53-50-47-44-41-38-35-32-29-26-23-20-17-14-11-8-5-2/h9,12,16,18-19,21-22,25,27,36,59H,4-8,10-11,13-15,17,20,23-24,26,28-35,37-58H2,1-3H3/b12-9-,19-16-,21-18-,25-22-,36-27-. The van der Waals surface area contributed by atoms with E-state index in [1.165, 1.54) is 167 Å². The monoisotopic (exact) mass is 951 g/mol. The van der Waals surface area contributed by atoms with E-state index in [9.17, 15) is 14.4 Å². The molecule has 0 amide bonds. The number of ether oxygens (including phenoxy) is 3. The summed E-state index contributed by atoms with van der Waals surface area (Å²) in [5, 5.41) is 0. The van der Waals surface area contributed by atoms with Gasteiger partial charge in [0.1, 0.15) is 13.2 Å². The second-order valence-electron chi connectivity index (χ2n) is 19.6. The van der Waals surface area contributed by atoms with Gasteiger partial charge in [-0.2, -0.15) is 0 Å². The Balaban J connectivity index is 4.36. The molecular formula is C62H110O6. The molecule has 0 aliphatic heterocycles. The van der Waals surface area contributed by atoms with Gasteiger partial charge >= 0.3 is 17.9 Å². The smallest absolute Gasteiger partial charge is 0.306 e. The van der Waals surface area contributed by atoms with Crippen molar-refractivity contribution >= 4 is 17.9 Å². The summed E-state index contributed by atoms with van der Waals surface area (Å²) in [5.41, 5.74) is 0. The first-order valence-electron chi connectivity index (χ1n) is 29.3. The van der Waals surface area contributed by atoms with Crippen molar-refractivity contribution in [2.75, 3.05) is 13.2 Å². The minimum Gasteiger partial charge on any atom is -0.462 e. The quantitative estimate of drug-likeness (QED) is 0.0199. The van der Waals surface area contributed by atoms with Crippen molar-refractivity contribution in [3.8, 4) is 0 Å². The van der Waals surface area contributed by atoms with Gasteiger partial charge in [0.05, 0.1) is 0 Å². The van der Waals surface area contributed by atoms with Crippen molar-refractivity contribution in [3.63, 3.8) is 0 Å². The number of hydrogen-bond donors (Lipinski definition) is 0. The topological polar surface area (TPSA) is 78.9 Å². The van der Waals surface area contributed by atoms with Crippen LogP contribution in [-0.4, -0.2) is 37.2 Å². The summed E-state index contributed by atoms with van der Waals surface area (Å²) < 4.78 is 16.9. The Morgan fingerprint density at radius 2 is 0.618 bits per heavy atom. The van der Waals surface area contributed by atoms with Gasteiger partial charge < -0.3 is 14.2 Å². The van der Waals surface area contributed by atoms with Gasteiger partial charge in [-0.25, -0.2) is 0 Å². The van der Waals surface area contributed by atoms with E-state index in [0.29, 0.717) is 19.3 Å². The van der Waals surface area contributed by atoms with Gasteiger partial charge in [-0.05, 0) is 77.0 Å². The minimum atomic E-state index is -0.783. The Bertz CT molecular complexity index is 1230. The molecule has 68 heavy (non-hydrogen) atoms. The molecule has 6 nitrogen and oxygen atoms in total. The van der Waals surface area contributed by atoms with Crippen LogP contribution in [0.2, 0.25) is 0 Å². The predicted octanol–water partition coefficient (Wildman–Crippen LogP) is 19.6. The number of hydrogen-bond acceptors (Lipinski definition) is 6. The third-order valence-corrected chi connectivity index (χ3v) is 12.8. The fourth-order valence-electron chi connectivity index (χ4n) is 8.39. The number of unbranched alkanes of at least 4 members (excludes halogenated alkanes) is 33. The molecule has 6 heteroatoms. The SMILES string of the molecule is CC/C=C\C/C=C\C/C=C\CCCCCCC(=O)OCC(COC(=O)CCCCCCCCCCCC/C=C\C=C/CCCCC)OC(=O)CCCCCCCCCCCCCCCCCCC. The van der Waals surface area contributed by atoms with Crippen LogP contribution in [0, 0.1) is 0 Å². The van der Waals surface area contributed by atoms with Crippen molar-refractivity contribution in [3.05, 3.63) is 60.8 Å². The van der Waals surface area contributed by atoms with E-state index in [-0.39, 0.29) is 31.1 Å². The van der Waals surface area contributed by atoms with E-state index in [4.69, 9.17) is 14.2 Å². The second kappa shape index (κ2) is 56.7. The predicted molar refractivity (Wildman–Crippen MR) is 293 cm³/mol. The van der Waals surface area contributed by atoms with Crippen molar-refractivity contribution in [2.24, 2.45) is 0 Å². The molecule has 0 aromatic rings. The number of carbonyl (C=O) groups is 3. The maximum Gasteiger partial charge on any atom is 0.306 e. The Labute approximate surface area is 421 Å². The fraction of sp³-hybridized carbons (Fsp3) is 0.790. The first kappa shape index (κ1) is 65.1. The lowest BCUT2D eigenvalue weighted by Crippen LogP contribution is -2.30. The largest absolute Gasteiger partial charge is 0.462 e. The summed E-state index contributed by atoms with van der Waals surface area (Å²) in [6.45, 7) is 6.51. The lowest BCUT2D eigenvalue weighted by Gasteiger charge is -2.18. The highest BCUT2D eigenvalue weighted by molar-refractivity contribution is 5.71. The lowest BCUT2D eigenvalue weighted by atomic mass is 10.0. The Hall–Kier alpha value is -2.89. The Morgan fingerprint density at radius 1 is 0.324 bits per heavy atom. The molecule has 0 radical (unpaired) electrons. The zero-order chi connectivity index (χ0) is 49.3. The summed E-state index contributed by atoms with van der Waals surface area (Å²) >= 11 is 0. The lowest BCUT2D eigenvalue weighted by molar-refractivity contribution is -0.167. The molecule has 0 aliphatic rings. The van der Waals surface area contributed by atoms with E-state index in [0.717, 1.165) is 89.9 Å². The van der Waals surface area contributed by atoms with E-state index >= 15 is 0 Å². The molecule has 1 atom stereocenters. The van der Waals surface area contributed by atoms with Crippen LogP contribution in [0.25, 0.3) is 0 Å². The van der Waals surface area contributed by atoms with E-state index < -0.39 is 6.10 Å². The van der Waals surface area contributed by atoms with Crippen molar-refractivity contribution in [1.29, 1.82) is 0 Å². The molecule has 0 fully saturated rings. The number of allylic oxidation sites excluding steroid dienone is 10. The second-order valence-corrected chi connectivity index (χ2v) is 19.6. The van der Waals surface area contributed by atoms with Gasteiger partial charge in [0, 0.05) is 19.3 Å². The highest BCUT2D eigenvalue weighted by atomic mass is 16.6. The van der Waals surface area contributed by atoms with Gasteiger partial charge in [-0.1, -0.05) is 261 Å². The van der Waals surface area contributed by atoms with Crippen LogP contribution in [0.15, 0.2) is 60.8 Å². The molecule has 0 heterocycles. The first-order chi connectivity index (χ1) is 33.5. The van der Waals surface area contributed by atoms with Gasteiger partial charge in [-0.15, -0.1) is 0 Å². The maximum absolute atomic E-state index is 12.9. The molecule has 0 aromatic heterocycles. The molecule has 1 unspecified atom stereocenters. The minimum absolute atomic E-state index is 0.0808. The molecule has 0 spiro atoms. The molecule has 0 N–H and O–H groups in total. The van der Waals surface area contributed by atoms with E-state index in [1.54, 1.807) is 0 Å². The van der Waals surface area contributed by atoms with Crippen LogP contribution < -0.4 is 0 Å². The molecular weight excluding hydrogens is 841 g/mol. The van der Waals surface area contributed by atoms with Crippen molar-refractivity contribution < 1.29 is 28.6 Å². The first-order valence-corrected chi connectivity index (χ1v) is 29.3. The summed E-state index contributed by atoms with van der Waals surface area (Å²) in [6, 6.07) is 0. The van der Waals surface area contributed by atoms with Crippen LogP contribution in [-0.2, 0) is 28.6 Å². The van der Waals surface area contributed by atoms with Gasteiger partial charge in [0.25, 0.3) is 0 Å². The summed E-state index contributed by atoms with van der Waals surface area (Å²) in [4.78, 5) is 38.2. The van der Waals surface area contributed by atoms with Crippen molar-refractivity contribution in [1.82, 2.24) is 0 Å². The highest BCUT2D eigenvalue weighted by Gasteiger charge is 2.19. The van der Waals surface area contributed by atoms with Crippen LogP contribution in [0.4, 0.5) is 0 Å². The zero-order valence-corrected chi connectivity index (χ0v) is 45.1. The Morgan fingerprint density at radius 3 is 1.01 bits per heavy atom. The number of esters is 3. The third-order valence-electron chi connectivity index (χ3n) is 12.8. The Kier molecular flexibility index (Phi) is 54.3. The maximum atomic E-state index is 12.9. The van der Waals surface area contributed by atoms with Crippen LogP contribution in [0.5, 0.6) is 0 Å². The summed E-state index contributed by atoms with van der Waals surface area (Å²) in [7, 11) is 0. The third kappa shape index (κ3) is 54.1. The van der Waals surface area contributed by atoms with Crippen LogP contribution in [0.1, 0.15) is 297 Å². The van der Waals surface area contributed by atoms with Crippen LogP contribution in [0.3, 0.4) is 0 Å². The molecule has 0 bridgehead atoms. The summed E-state index contributed by atoms with van der Waals surface area (Å²) in [6.07, 6.45) is 70.7. The fourth-order valence-corrected chi connectivity index (χ4v) is 8.39. The molecule has 0 aromatic carbocycles. The average molecular weight is 952 g/mol. The normalized spacial score (nSPS) is 12.5. The molecule has 0 saturated heterocycles. The van der Waals surface area contributed by atoms with Gasteiger partial charge in [-0.3, -0.25) is 14.4 Å². The highest BCUT2D eigenvalue weighted by Crippen LogP contribution is 2.16. The number of carbonyl (C=O) groups excluding carboxylic acids is 3. The average Bonchev–Trinajstić information content (AvgIpc) is 3.34. The zero-order valence-electron chi connectivity index (χ0n) is 45.1.